The summed E-state index contributed by atoms with van der Waals surface area (Å²) < 4.78 is 2.78. The van der Waals surface area contributed by atoms with Gasteiger partial charge >= 0.3 is 0 Å². The molecule has 0 aliphatic rings. The molecule has 0 saturated heterocycles. The molecule has 0 aliphatic carbocycles. The highest BCUT2D eigenvalue weighted by Gasteiger charge is 2.08. The number of hydrogen-bond donors (Lipinski definition) is 1. The fourth-order valence-electron chi connectivity index (χ4n) is 1.92. The molecule has 1 N–H and O–H groups in total. The van der Waals surface area contributed by atoms with Crippen LogP contribution in [0, 0.1) is 4.77 Å². The van der Waals surface area contributed by atoms with Crippen LogP contribution in [-0.4, -0.2) is 35.1 Å². The van der Waals surface area contributed by atoms with Gasteiger partial charge in [-0.2, -0.15) is 0 Å². The first-order valence-corrected chi connectivity index (χ1v) is 6.88. The first-order valence-electron chi connectivity index (χ1n) is 5.71. The summed E-state index contributed by atoms with van der Waals surface area (Å²) >= 11 is 17.4. The van der Waals surface area contributed by atoms with Crippen molar-refractivity contribution in [1.29, 1.82) is 0 Å². The van der Waals surface area contributed by atoms with Gasteiger partial charge in [-0.3, -0.25) is 0 Å². The molecular weight excluding hydrogens is 289 g/mol. The van der Waals surface area contributed by atoms with Crippen molar-refractivity contribution < 1.29 is 0 Å². The number of imidazole rings is 1. The van der Waals surface area contributed by atoms with Crippen LogP contribution in [-0.2, 0) is 6.54 Å². The Kier molecular flexibility index (Phi) is 4.33. The molecule has 0 bridgehead atoms. The number of fused-ring (bicyclic) bond motifs is 1. The van der Waals surface area contributed by atoms with Gasteiger partial charge in [-0.05, 0) is 51.4 Å². The summed E-state index contributed by atoms with van der Waals surface area (Å²) in [5.74, 6) is 0. The summed E-state index contributed by atoms with van der Waals surface area (Å²) in [5, 5.41) is 1.10. The van der Waals surface area contributed by atoms with Crippen LogP contribution in [0.4, 0.5) is 0 Å². The zero-order valence-electron chi connectivity index (χ0n) is 10.3. The first-order chi connectivity index (χ1) is 8.49. The summed E-state index contributed by atoms with van der Waals surface area (Å²) in [6.07, 6.45) is 1.04. The van der Waals surface area contributed by atoms with Gasteiger partial charge in [0.2, 0.25) is 0 Å². The first kappa shape index (κ1) is 13.9. The SMILES string of the molecule is CN(C)CCCn1c(=S)[nH]c2cc(Cl)c(Cl)cc21. The maximum Gasteiger partial charge on any atom is 0.178 e. The van der Waals surface area contributed by atoms with E-state index in [2.05, 4.69) is 28.5 Å². The van der Waals surface area contributed by atoms with Gasteiger partial charge in [0.15, 0.2) is 4.77 Å². The van der Waals surface area contributed by atoms with Gasteiger partial charge in [-0.25, -0.2) is 0 Å². The fourth-order valence-corrected chi connectivity index (χ4v) is 2.54. The Bertz CT molecular complexity index is 616. The van der Waals surface area contributed by atoms with Gasteiger partial charge in [0.1, 0.15) is 0 Å². The molecule has 0 amide bonds. The Hall–Kier alpha value is -0.550. The average molecular weight is 304 g/mol. The smallest absolute Gasteiger partial charge is 0.178 e. The number of rotatable bonds is 4. The number of H-pyrrole nitrogens is 1. The number of benzene rings is 1. The monoisotopic (exact) mass is 303 g/mol. The maximum atomic E-state index is 6.05. The Morgan fingerprint density at radius 3 is 2.61 bits per heavy atom. The molecule has 3 nitrogen and oxygen atoms in total. The maximum absolute atomic E-state index is 6.05. The fraction of sp³-hybridized carbons (Fsp3) is 0.417. The topological polar surface area (TPSA) is 24.0 Å². The van der Waals surface area contributed by atoms with E-state index in [0.29, 0.717) is 14.8 Å². The van der Waals surface area contributed by atoms with Crippen LogP contribution in [0.25, 0.3) is 11.0 Å². The van der Waals surface area contributed by atoms with Crippen molar-refractivity contribution >= 4 is 46.5 Å². The van der Waals surface area contributed by atoms with E-state index in [1.54, 1.807) is 0 Å². The summed E-state index contributed by atoms with van der Waals surface area (Å²) in [4.78, 5) is 5.31. The minimum absolute atomic E-state index is 0.542. The molecular formula is C12H15Cl2N3S. The van der Waals surface area contributed by atoms with Gasteiger partial charge in [-0.1, -0.05) is 23.2 Å². The van der Waals surface area contributed by atoms with Crippen molar-refractivity contribution in [3.63, 3.8) is 0 Å². The van der Waals surface area contributed by atoms with E-state index in [9.17, 15) is 0 Å². The Balaban J connectivity index is 2.35. The highest BCUT2D eigenvalue weighted by Crippen LogP contribution is 2.27. The van der Waals surface area contributed by atoms with E-state index < -0.39 is 0 Å². The van der Waals surface area contributed by atoms with Crippen LogP contribution in [0.2, 0.25) is 10.0 Å². The molecule has 0 fully saturated rings. The third-order valence-electron chi connectivity index (χ3n) is 2.80. The lowest BCUT2D eigenvalue weighted by Gasteiger charge is -2.10. The third kappa shape index (κ3) is 2.88. The Labute approximate surface area is 121 Å². The van der Waals surface area contributed by atoms with E-state index in [-0.39, 0.29) is 0 Å². The number of aromatic nitrogens is 2. The average Bonchev–Trinajstić information content (AvgIpc) is 2.56. The van der Waals surface area contributed by atoms with Gasteiger partial charge < -0.3 is 14.5 Å². The molecule has 0 atom stereocenters. The lowest BCUT2D eigenvalue weighted by Crippen LogP contribution is -2.15. The molecule has 1 aromatic heterocycles. The molecule has 2 rings (SSSR count). The second-order valence-electron chi connectivity index (χ2n) is 4.52. The summed E-state index contributed by atoms with van der Waals surface area (Å²) in [6, 6.07) is 3.68. The zero-order chi connectivity index (χ0) is 13.3. The molecule has 0 unspecified atom stereocenters. The normalized spacial score (nSPS) is 11.6. The second kappa shape index (κ2) is 5.61. The van der Waals surface area contributed by atoms with Crippen molar-refractivity contribution in [2.75, 3.05) is 20.6 Å². The predicted octanol–water partition coefficient (Wildman–Crippen LogP) is 3.96. The predicted molar refractivity (Wildman–Crippen MR) is 80.3 cm³/mol. The number of halogens is 2. The molecule has 2 aromatic rings. The molecule has 0 aliphatic heterocycles. The lowest BCUT2D eigenvalue weighted by molar-refractivity contribution is 0.387. The molecule has 6 heteroatoms. The highest BCUT2D eigenvalue weighted by atomic mass is 35.5. The molecule has 0 spiro atoms. The number of nitrogens with zero attached hydrogens (tertiary/aromatic N) is 2. The van der Waals surface area contributed by atoms with Gasteiger partial charge in [0, 0.05) is 6.54 Å². The lowest BCUT2D eigenvalue weighted by atomic mass is 10.3. The number of nitrogens with one attached hydrogen (secondary N) is 1. The van der Waals surface area contributed by atoms with Crippen LogP contribution in [0.1, 0.15) is 6.42 Å². The zero-order valence-corrected chi connectivity index (χ0v) is 12.7. The van der Waals surface area contributed by atoms with E-state index in [4.69, 9.17) is 35.4 Å². The van der Waals surface area contributed by atoms with Crippen LogP contribution in [0.5, 0.6) is 0 Å². The molecule has 18 heavy (non-hydrogen) atoms. The molecule has 1 heterocycles. The Morgan fingerprint density at radius 1 is 1.28 bits per heavy atom. The van der Waals surface area contributed by atoms with E-state index in [1.165, 1.54) is 0 Å². The number of aryl methyl sites for hydroxylation is 1. The van der Waals surface area contributed by atoms with Crippen LogP contribution in [0.3, 0.4) is 0 Å². The van der Waals surface area contributed by atoms with E-state index in [1.807, 2.05) is 12.1 Å². The molecule has 0 radical (unpaired) electrons. The number of hydrogen-bond acceptors (Lipinski definition) is 2. The highest BCUT2D eigenvalue weighted by molar-refractivity contribution is 7.71. The van der Waals surface area contributed by atoms with Crippen LogP contribution < -0.4 is 0 Å². The second-order valence-corrected chi connectivity index (χ2v) is 5.72. The standard InChI is InChI=1S/C12H15Cl2N3S/c1-16(2)4-3-5-17-11-7-9(14)8(13)6-10(11)15-12(17)18/h6-7H,3-5H2,1-2H3,(H,15,18). The summed E-state index contributed by atoms with van der Waals surface area (Å²) in [7, 11) is 4.12. The number of aromatic amines is 1. The van der Waals surface area contributed by atoms with Crippen LogP contribution >= 0.6 is 35.4 Å². The van der Waals surface area contributed by atoms with Gasteiger partial charge in [0.25, 0.3) is 0 Å². The van der Waals surface area contributed by atoms with Gasteiger partial charge in [0.05, 0.1) is 21.1 Å². The van der Waals surface area contributed by atoms with Crippen molar-refractivity contribution in [2.45, 2.75) is 13.0 Å². The quantitative estimate of drug-likeness (QED) is 0.865. The largest absolute Gasteiger partial charge is 0.331 e. The van der Waals surface area contributed by atoms with Crippen molar-refractivity contribution in [1.82, 2.24) is 14.5 Å². The van der Waals surface area contributed by atoms with E-state index >= 15 is 0 Å². The van der Waals surface area contributed by atoms with Gasteiger partial charge in [-0.15, -0.1) is 0 Å². The summed E-state index contributed by atoms with van der Waals surface area (Å²) in [5.41, 5.74) is 1.94. The minimum atomic E-state index is 0.542. The van der Waals surface area contributed by atoms with E-state index in [0.717, 1.165) is 30.5 Å². The van der Waals surface area contributed by atoms with Crippen LogP contribution in [0.15, 0.2) is 12.1 Å². The van der Waals surface area contributed by atoms with Crippen molar-refractivity contribution in [3.05, 3.63) is 26.9 Å². The molecule has 0 saturated carbocycles. The minimum Gasteiger partial charge on any atom is -0.331 e. The summed E-state index contributed by atoms with van der Waals surface area (Å²) in [6.45, 7) is 1.89. The third-order valence-corrected chi connectivity index (χ3v) is 3.85. The molecule has 98 valence electrons. The van der Waals surface area contributed by atoms with Crippen molar-refractivity contribution in [3.8, 4) is 0 Å². The Morgan fingerprint density at radius 2 is 1.94 bits per heavy atom. The van der Waals surface area contributed by atoms with Crippen molar-refractivity contribution in [2.24, 2.45) is 0 Å². The molecule has 1 aromatic carbocycles.